The van der Waals surface area contributed by atoms with Gasteiger partial charge < -0.3 is 15.1 Å². The molecule has 8 heteroatoms. The van der Waals surface area contributed by atoms with E-state index in [9.17, 15) is 18.0 Å². The van der Waals surface area contributed by atoms with Gasteiger partial charge in [-0.1, -0.05) is 6.07 Å². The second-order valence-electron chi connectivity index (χ2n) is 7.50. The predicted octanol–water partition coefficient (Wildman–Crippen LogP) is 5.01. The van der Waals surface area contributed by atoms with Crippen LogP contribution in [0.4, 0.5) is 24.5 Å². The summed E-state index contributed by atoms with van der Waals surface area (Å²) in [5.41, 5.74) is 1.46. The number of nitrogens with zero attached hydrogens (tertiary/aromatic N) is 2. The van der Waals surface area contributed by atoms with Crippen LogP contribution in [0.1, 0.15) is 27.9 Å². The SMILES string of the molecule is Cc1ccc(C(=O)Nc2cc(C(F)(F)F)ccc2N2CCC(N(C)C)C2)cc1I. The Morgan fingerprint density at radius 2 is 1.93 bits per heavy atom. The lowest BCUT2D eigenvalue weighted by Crippen LogP contribution is -2.31. The highest BCUT2D eigenvalue weighted by molar-refractivity contribution is 14.1. The molecule has 0 radical (unpaired) electrons. The van der Waals surface area contributed by atoms with Gasteiger partial charge in [-0.2, -0.15) is 13.2 Å². The number of aryl methyl sites for hydroxylation is 1. The van der Waals surface area contributed by atoms with Crippen molar-refractivity contribution in [3.05, 3.63) is 56.7 Å². The molecule has 2 aromatic rings. The molecule has 156 valence electrons. The van der Waals surface area contributed by atoms with Crippen LogP contribution in [0.5, 0.6) is 0 Å². The molecule has 1 amide bonds. The maximum absolute atomic E-state index is 13.3. The minimum Gasteiger partial charge on any atom is -0.368 e. The number of alkyl halides is 3. The highest BCUT2D eigenvalue weighted by atomic mass is 127. The van der Waals surface area contributed by atoms with Crippen LogP contribution in [-0.2, 0) is 6.18 Å². The summed E-state index contributed by atoms with van der Waals surface area (Å²) in [6.45, 7) is 3.35. The zero-order valence-electron chi connectivity index (χ0n) is 16.5. The van der Waals surface area contributed by atoms with Gasteiger partial charge in [0.15, 0.2) is 0 Å². The maximum Gasteiger partial charge on any atom is 0.416 e. The first-order valence-corrected chi connectivity index (χ1v) is 10.3. The summed E-state index contributed by atoms with van der Waals surface area (Å²) in [6, 6.07) is 9.10. The highest BCUT2D eigenvalue weighted by Crippen LogP contribution is 2.37. The van der Waals surface area contributed by atoms with E-state index in [-0.39, 0.29) is 5.69 Å². The Labute approximate surface area is 182 Å². The predicted molar refractivity (Wildman–Crippen MR) is 118 cm³/mol. The molecule has 0 spiro atoms. The third-order valence-electron chi connectivity index (χ3n) is 5.24. The summed E-state index contributed by atoms with van der Waals surface area (Å²) >= 11 is 2.13. The molecule has 1 N–H and O–H groups in total. The molecule has 1 aliphatic rings. The molecule has 1 aliphatic heterocycles. The number of nitrogens with one attached hydrogen (secondary N) is 1. The van der Waals surface area contributed by atoms with Gasteiger partial charge in [-0.15, -0.1) is 0 Å². The number of rotatable bonds is 4. The standard InChI is InChI=1S/C21H23F3IN3O/c1-13-4-5-14(10-17(13)25)20(29)26-18-11-15(21(22,23)24)6-7-19(18)28-9-8-16(12-28)27(2)3/h4-7,10-11,16H,8-9,12H2,1-3H3,(H,26,29). The van der Waals surface area contributed by atoms with Crippen LogP contribution in [0.2, 0.25) is 0 Å². The van der Waals surface area contributed by atoms with Gasteiger partial charge in [0.25, 0.3) is 5.91 Å². The van der Waals surface area contributed by atoms with E-state index in [4.69, 9.17) is 0 Å². The summed E-state index contributed by atoms with van der Waals surface area (Å²) in [7, 11) is 3.98. The zero-order chi connectivity index (χ0) is 21.3. The zero-order valence-corrected chi connectivity index (χ0v) is 18.6. The van der Waals surface area contributed by atoms with E-state index in [1.165, 1.54) is 6.07 Å². The summed E-state index contributed by atoms with van der Waals surface area (Å²) < 4.78 is 40.7. The Morgan fingerprint density at radius 3 is 2.52 bits per heavy atom. The minimum absolute atomic E-state index is 0.180. The lowest BCUT2D eigenvalue weighted by Gasteiger charge is -2.25. The van der Waals surface area contributed by atoms with Crippen LogP contribution in [0.3, 0.4) is 0 Å². The van der Waals surface area contributed by atoms with Crippen LogP contribution < -0.4 is 10.2 Å². The molecule has 0 aliphatic carbocycles. The van der Waals surface area contributed by atoms with Crippen LogP contribution in [0.15, 0.2) is 36.4 Å². The molecule has 1 fully saturated rings. The quantitative estimate of drug-likeness (QED) is 0.580. The number of carbonyl (C=O) groups is 1. The third kappa shape index (κ3) is 5.03. The second kappa shape index (κ2) is 8.51. The number of amides is 1. The van der Waals surface area contributed by atoms with Gasteiger partial charge in [-0.3, -0.25) is 4.79 Å². The van der Waals surface area contributed by atoms with Crippen LogP contribution in [0.25, 0.3) is 0 Å². The van der Waals surface area contributed by atoms with Gasteiger partial charge in [0.05, 0.1) is 16.9 Å². The largest absolute Gasteiger partial charge is 0.416 e. The normalized spacial score (nSPS) is 17.1. The van der Waals surface area contributed by atoms with Gasteiger partial charge in [0.2, 0.25) is 0 Å². The summed E-state index contributed by atoms with van der Waals surface area (Å²) in [5.74, 6) is -0.424. The molecule has 2 aromatic carbocycles. The van der Waals surface area contributed by atoms with Crippen molar-refractivity contribution in [3.8, 4) is 0 Å². The molecule has 0 saturated carbocycles. The van der Waals surface area contributed by atoms with Crippen molar-refractivity contribution in [2.24, 2.45) is 0 Å². The van der Waals surface area contributed by atoms with Crippen molar-refractivity contribution in [1.82, 2.24) is 4.90 Å². The van der Waals surface area contributed by atoms with E-state index < -0.39 is 17.6 Å². The number of likely N-dealkylation sites (N-methyl/N-ethyl adjacent to an activating group) is 1. The molecule has 0 bridgehead atoms. The van der Waals surface area contributed by atoms with E-state index in [2.05, 4.69) is 32.8 Å². The minimum atomic E-state index is -4.48. The Balaban J connectivity index is 1.93. The number of hydrogen-bond acceptors (Lipinski definition) is 3. The van der Waals surface area contributed by atoms with E-state index >= 15 is 0 Å². The fraction of sp³-hybridized carbons (Fsp3) is 0.381. The Bertz CT molecular complexity index is 915. The molecule has 1 unspecified atom stereocenters. The van der Waals surface area contributed by atoms with Crippen molar-refractivity contribution >= 4 is 39.9 Å². The van der Waals surface area contributed by atoms with Gasteiger partial charge in [-0.25, -0.2) is 0 Å². The van der Waals surface area contributed by atoms with E-state index in [0.29, 0.717) is 23.8 Å². The average Bonchev–Trinajstić information content (AvgIpc) is 3.13. The van der Waals surface area contributed by atoms with Gasteiger partial charge in [0, 0.05) is 28.3 Å². The van der Waals surface area contributed by atoms with Gasteiger partial charge >= 0.3 is 6.18 Å². The number of anilines is 2. The fourth-order valence-electron chi connectivity index (χ4n) is 3.40. The van der Waals surface area contributed by atoms with Crippen molar-refractivity contribution in [2.75, 3.05) is 37.4 Å². The topological polar surface area (TPSA) is 35.6 Å². The Hall–Kier alpha value is -1.81. The van der Waals surface area contributed by atoms with Crippen molar-refractivity contribution in [2.45, 2.75) is 25.6 Å². The number of benzene rings is 2. The van der Waals surface area contributed by atoms with E-state index in [1.807, 2.05) is 32.0 Å². The van der Waals surface area contributed by atoms with Gasteiger partial charge in [-0.05, 0) is 85.9 Å². The number of carbonyl (C=O) groups excluding carboxylic acids is 1. The number of halogens is 4. The van der Waals surface area contributed by atoms with Crippen LogP contribution >= 0.6 is 22.6 Å². The molecular weight excluding hydrogens is 494 g/mol. The fourth-order valence-corrected chi connectivity index (χ4v) is 3.91. The first-order valence-electron chi connectivity index (χ1n) is 9.26. The van der Waals surface area contributed by atoms with Crippen molar-refractivity contribution in [3.63, 3.8) is 0 Å². The molecule has 3 rings (SSSR count). The molecule has 4 nitrogen and oxygen atoms in total. The second-order valence-corrected chi connectivity index (χ2v) is 8.66. The van der Waals surface area contributed by atoms with E-state index in [0.717, 1.165) is 34.2 Å². The van der Waals surface area contributed by atoms with E-state index in [1.54, 1.807) is 12.1 Å². The smallest absolute Gasteiger partial charge is 0.368 e. The third-order valence-corrected chi connectivity index (χ3v) is 6.40. The Kier molecular flexibility index (Phi) is 6.42. The molecule has 0 aromatic heterocycles. The molecule has 29 heavy (non-hydrogen) atoms. The average molecular weight is 517 g/mol. The van der Waals surface area contributed by atoms with Crippen LogP contribution in [-0.4, -0.2) is 44.0 Å². The summed E-state index contributed by atoms with van der Waals surface area (Å²) in [4.78, 5) is 16.9. The molecule has 1 saturated heterocycles. The Morgan fingerprint density at radius 1 is 1.21 bits per heavy atom. The lowest BCUT2D eigenvalue weighted by atomic mass is 10.1. The lowest BCUT2D eigenvalue weighted by molar-refractivity contribution is -0.137. The monoisotopic (exact) mass is 517 g/mol. The first kappa shape index (κ1) is 21.9. The molecule has 1 atom stereocenters. The number of hydrogen-bond donors (Lipinski definition) is 1. The maximum atomic E-state index is 13.3. The molecular formula is C21H23F3IN3O. The summed E-state index contributed by atoms with van der Waals surface area (Å²) in [5, 5.41) is 2.71. The summed E-state index contributed by atoms with van der Waals surface area (Å²) in [6.07, 6.45) is -3.56. The van der Waals surface area contributed by atoms with Crippen molar-refractivity contribution in [1.29, 1.82) is 0 Å². The van der Waals surface area contributed by atoms with Gasteiger partial charge in [0.1, 0.15) is 0 Å². The van der Waals surface area contributed by atoms with Crippen molar-refractivity contribution < 1.29 is 18.0 Å². The highest BCUT2D eigenvalue weighted by Gasteiger charge is 2.33. The molecule has 1 heterocycles. The first-order chi connectivity index (χ1) is 13.6. The van der Waals surface area contributed by atoms with Crippen LogP contribution in [0, 0.1) is 10.5 Å².